The van der Waals surface area contributed by atoms with Crippen LogP contribution >= 0.6 is 11.8 Å². The van der Waals surface area contributed by atoms with Crippen molar-refractivity contribution in [1.29, 1.82) is 0 Å². The first kappa shape index (κ1) is 16.9. The Morgan fingerprint density at radius 1 is 1.23 bits per heavy atom. The summed E-state index contributed by atoms with van der Waals surface area (Å²) in [6, 6.07) is 7.61. The van der Waals surface area contributed by atoms with Gasteiger partial charge in [0.2, 0.25) is 5.91 Å². The molecule has 4 nitrogen and oxygen atoms in total. The summed E-state index contributed by atoms with van der Waals surface area (Å²) >= 11 is 1.40. The average molecular weight is 321 g/mol. The van der Waals surface area contributed by atoms with Gasteiger partial charge in [0, 0.05) is 18.0 Å². The first-order valence-electron chi connectivity index (χ1n) is 7.69. The van der Waals surface area contributed by atoms with E-state index < -0.39 is 0 Å². The molecule has 0 N–H and O–H groups in total. The smallest absolute Gasteiger partial charge is 0.338 e. The molecule has 0 radical (unpaired) electrons. The van der Waals surface area contributed by atoms with Crippen LogP contribution in [0.1, 0.15) is 42.5 Å². The number of carbonyl (C=O) groups excluding carboxylic acids is 2. The predicted molar refractivity (Wildman–Crippen MR) is 88.1 cm³/mol. The lowest BCUT2D eigenvalue weighted by Crippen LogP contribution is -2.39. The van der Waals surface area contributed by atoms with Crippen molar-refractivity contribution in [3.05, 3.63) is 29.8 Å². The van der Waals surface area contributed by atoms with Crippen LogP contribution in [0.4, 0.5) is 0 Å². The molecule has 1 aromatic rings. The number of rotatable bonds is 5. The molecule has 0 saturated heterocycles. The molecule has 1 aliphatic carbocycles. The van der Waals surface area contributed by atoms with E-state index in [0.29, 0.717) is 17.4 Å². The number of ether oxygens (including phenoxy) is 1. The molecule has 0 atom stereocenters. The van der Waals surface area contributed by atoms with E-state index in [9.17, 15) is 9.59 Å². The molecule has 2 rings (SSSR count). The SMILES string of the molecule is COC(=O)c1ccccc1SCC(=O)N(C)C1CCCCC1. The van der Waals surface area contributed by atoms with Crippen LogP contribution in [0.25, 0.3) is 0 Å². The molecule has 0 aromatic heterocycles. The van der Waals surface area contributed by atoms with Gasteiger partial charge in [-0.1, -0.05) is 31.4 Å². The lowest BCUT2D eigenvalue weighted by molar-refractivity contribution is -0.129. The minimum atomic E-state index is -0.365. The van der Waals surface area contributed by atoms with Crippen LogP contribution < -0.4 is 0 Å². The fourth-order valence-corrected chi connectivity index (χ4v) is 3.75. The highest BCUT2D eigenvalue weighted by Gasteiger charge is 2.22. The molecule has 0 bridgehead atoms. The Morgan fingerprint density at radius 2 is 1.91 bits per heavy atom. The maximum Gasteiger partial charge on any atom is 0.338 e. The van der Waals surface area contributed by atoms with Crippen molar-refractivity contribution in [3.63, 3.8) is 0 Å². The van der Waals surface area contributed by atoms with Gasteiger partial charge < -0.3 is 9.64 Å². The van der Waals surface area contributed by atoms with Gasteiger partial charge in [0.25, 0.3) is 0 Å². The van der Waals surface area contributed by atoms with Gasteiger partial charge in [-0.25, -0.2) is 4.79 Å². The van der Waals surface area contributed by atoms with E-state index in [0.717, 1.165) is 17.7 Å². The van der Waals surface area contributed by atoms with Gasteiger partial charge in [-0.15, -0.1) is 11.8 Å². The fourth-order valence-electron chi connectivity index (χ4n) is 2.78. The Morgan fingerprint density at radius 3 is 2.59 bits per heavy atom. The van der Waals surface area contributed by atoms with Crippen molar-refractivity contribution in [2.45, 2.75) is 43.0 Å². The summed E-state index contributed by atoms with van der Waals surface area (Å²) in [6.45, 7) is 0. The molecule has 1 saturated carbocycles. The van der Waals surface area contributed by atoms with Crippen molar-refractivity contribution >= 4 is 23.6 Å². The monoisotopic (exact) mass is 321 g/mol. The Kier molecular flexibility index (Phi) is 6.31. The van der Waals surface area contributed by atoms with Crippen LogP contribution in [0.5, 0.6) is 0 Å². The van der Waals surface area contributed by atoms with E-state index in [1.807, 2.05) is 24.1 Å². The van der Waals surface area contributed by atoms with Gasteiger partial charge >= 0.3 is 5.97 Å². The highest BCUT2D eigenvalue weighted by molar-refractivity contribution is 8.00. The Balaban J connectivity index is 1.94. The maximum atomic E-state index is 12.4. The van der Waals surface area contributed by atoms with E-state index in [-0.39, 0.29) is 11.9 Å². The van der Waals surface area contributed by atoms with Crippen LogP contribution in [0, 0.1) is 0 Å². The summed E-state index contributed by atoms with van der Waals surface area (Å²) in [4.78, 5) is 26.8. The fraction of sp³-hybridized carbons (Fsp3) is 0.529. The van der Waals surface area contributed by atoms with Crippen LogP contribution in [0.3, 0.4) is 0 Å². The van der Waals surface area contributed by atoms with E-state index in [1.54, 1.807) is 12.1 Å². The topological polar surface area (TPSA) is 46.6 Å². The highest BCUT2D eigenvalue weighted by Crippen LogP contribution is 2.26. The van der Waals surface area contributed by atoms with E-state index >= 15 is 0 Å². The van der Waals surface area contributed by atoms with Gasteiger partial charge in [0.05, 0.1) is 18.4 Å². The van der Waals surface area contributed by atoms with Gasteiger partial charge in [0.1, 0.15) is 0 Å². The number of benzene rings is 1. The predicted octanol–water partition coefficient (Wildman–Crippen LogP) is 3.36. The third kappa shape index (κ3) is 4.26. The molecule has 1 aromatic carbocycles. The lowest BCUT2D eigenvalue weighted by atomic mass is 9.94. The van der Waals surface area contributed by atoms with Crippen LogP contribution in [-0.2, 0) is 9.53 Å². The summed E-state index contributed by atoms with van der Waals surface area (Å²) in [6.07, 6.45) is 5.90. The molecule has 0 heterocycles. The molecule has 0 spiro atoms. The first-order chi connectivity index (χ1) is 10.6. The molecule has 120 valence electrons. The van der Waals surface area contributed by atoms with Gasteiger partial charge in [0.15, 0.2) is 0 Å². The van der Waals surface area contributed by atoms with Gasteiger partial charge in [-0.2, -0.15) is 0 Å². The minimum absolute atomic E-state index is 0.122. The normalized spacial score (nSPS) is 15.4. The molecule has 0 aliphatic heterocycles. The van der Waals surface area contributed by atoms with Crippen molar-refractivity contribution in [2.24, 2.45) is 0 Å². The zero-order valence-electron chi connectivity index (χ0n) is 13.2. The number of esters is 1. The van der Waals surface area contributed by atoms with Crippen LogP contribution in [0.15, 0.2) is 29.2 Å². The van der Waals surface area contributed by atoms with E-state index in [2.05, 4.69) is 0 Å². The molecular weight excluding hydrogens is 298 g/mol. The minimum Gasteiger partial charge on any atom is -0.465 e. The third-order valence-electron chi connectivity index (χ3n) is 4.16. The Hall–Kier alpha value is -1.49. The number of thioether (sulfide) groups is 1. The molecular formula is C17H23NO3S. The average Bonchev–Trinajstić information content (AvgIpc) is 2.59. The van der Waals surface area contributed by atoms with Crippen molar-refractivity contribution in [2.75, 3.05) is 19.9 Å². The number of methoxy groups -OCH3 is 1. The van der Waals surface area contributed by atoms with Gasteiger partial charge in [-0.3, -0.25) is 4.79 Å². The first-order valence-corrected chi connectivity index (χ1v) is 8.68. The molecule has 22 heavy (non-hydrogen) atoms. The second-order valence-electron chi connectivity index (χ2n) is 5.57. The molecule has 1 amide bonds. The number of carbonyl (C=O) groups is 2. The zero-order valence-corrected chi connectivity index (χ0v) is 14.0. The number of amides is 1. The van der Waals surface area contributed by atoms with Gasteiger partial charge in [-0.05, 0) is 25.0 Å². The van der Waals surface area contributed by atoms with E-state index in [1.165, 1.54) is 38.1 Å². The quantitative estimate of drug-likeness (QED) is 0.616. The molecule has 1 fully saturated rings. The molecule has 0 unspecified atom stereocenters. The van der Waals surface area contributed by atoms with Crippen LogP contribution in [-0.4, -0.2) is 42.7 Å². The summed E-state index contributed by atoms with van der Waals surface area (Å²) in [5, 5.41) is 0. The second-order valence-corrected chi connectivity index (χ2v) is 6.59. The lowest BCUT2D eigenvalue weighted by Gasteiger charge is -2.31. The number of hydrogen-bond donors (Lipinski definition) is 0. The summed E-state index contributed by atoms with van der Waals surface area (Å²) in [5.41, 5.74) is 0.517. The summed E-state index contributed by atoms with van der Waals surface area (Å²) in [5.74, 6) is 0.105. The van der Waals surface area contributed by atoms with E-state index in [4.69, 9.17) is 4.74 Å². The summed E-state index contributed by atoms with van der Waals surface area (Å²) < 4.78 is 4.78. The standard InChI is InChI=1S/C17H23NO3S/c1-18(13-8-4-3-5-9-13)16(19)12-22-15-11-7-6-10-14(15)17(20)21-2/h6-7,10-11,13H,3-5,8-9,12H2,1-2H3. The highest BCUT2D eigenvalue weighted by atomic mass is 32.2. The molecule has 5 heteroatoms. The largest absolute Gasteiger partial charge is 0.465 e. The van der Waals surface area contributed by atoms with Crippen molar-refractivity contribution in [1.82, 2.24) is 4.90 Å². The summed E-state index contributed by atoms with van der Waals surface area (Å²) in [7, 11) is 3.26. The number of hydrogen-bond acceptors (Lipinski definition) is 4. The zero-order chi connectivity index (χ0) is 15.9. The Bertz CT molecular complexity index is 526. The maximum absolute atomic E-state index is 12.4. The van der Waals surface area contributed by atoms with Crippen molar-refractivity contribution in [3.8, 4) is 0 Å². The number of nitrogens with zero attached hydrogens (tertiary/aromatic N) is 1. The Labute approximate surface area is 136 Å². The van der Waals surface area contributed by atoms with Crippen molar-refractivity contribution < 1.29 is 14.3 Å². The third-order valence-corrected chi connectivity index (χ3v) is 5.22. The second kappa shape index (κ2) is 8.22. The molecule has 1 aliphatic rings. The van der Waals surface area contributed by atoms with Crippen LogP contribution in [0.2, 0.25) is 0 Å².